The third-order valence-electron chi connectivity index (χ3n) is 2.39. The first kappa shape index (κ1) is 9.86. The van der Waals surface area contributed by atoms with E-state index in [0.717, 1.165) is 10.6 Å². The number of aromatic nitrogens is 5. The molecule has 0 bridgehead atoms. The molecule has 0 spiro atoms. The summed E-state index contributed by atoms with van der Waals surface area (Å²) in [4.78, 5) is 0.891. The Labute approximate surface area is 100 Å². The van der Waals surface area contributed by atoms with Gasteiger partial charge in [0.05, 0.1) is 17.3 Å². The van der Waals surface area contributed by atoms with Gasteiger partial charge in [0.2, 0.25) is 0 Å². The van der Waals surface area contributed by atoms with Crippen molar-refractivity contribution in [3.63, 3.8) is 0 Å². The molecule has 3 rings (SSSR count). The molecule has 0 fully saturated rings. The number of rotatable bonds is 1. The third kappa shape index (κ3) is 1.46. The van der Waals surface area contributed by atoms with Crippen molar-refractivity contribution in [2.45, 2.75) is 6.92 Å². The number of pyridine rings is 1. The predicted octanol–water partition coefficient (Wildman–Crippen LogP) is 1.43. The van der Waals surface area contributed by atoms with Gasteiger partial charge in [-0.15, -0.1) is 15.3 Å². The molecule has 0 unspecified atom stereocenters. The van der Waals surface area contributed by atoms with Crippen molar-refractivity contribution in [3.8, 4) is 16.8 Å². The van der Waals surface area contributed by atoms with Crippen LogP contribution in [0.4, 0.5) is 0 Å². The van der Waals surface area contributed by atoms with Gasteiger partial charge in [0.25, 0.3) is 0 Å². The van der Waals surface area contributed by atoms with Crippen LogP contribution in [0.5, 0.6) is 0 Å². The van der Waals surface area contributed by atoms with E-state index in [1.165, 1.54) is 11.5 Å². The van der Waals surface area contributed by atoms with E-state index in [-0.39, 0.29) is 0 Å². The number of nitrogens with zero attached hydrogens (tertiary/aromatic N) is 6. The lowest BCUT2D eigenvalue weighted by atomic mass is 10.3. The van der Waals surface area contributed by atoms with Crippen molar-refractivity contribution < 1.29 is 0 Å². The summed E-state index contributed by atoms with van der Waals surface area (Å²) in [6, 6.07) is 5.49. The first-order valence-corrected chi connectivity index (χ1v) is 5.61. The Morgan fingerprint density at radius 2 is 2.24 bits per heavy atom. The second kappa shape index (κ2) is 3.61. The summed E-state index contributed by atoms with van der Waals surface area (Å²) in [5.74, 6) is 0.706. The predicted molar refractivity (Wildman–Crippen MR) is 61.3 cm³/mol. The van der Waals surface area contributed by atoms with E-state index >= 15 is 0 Å². The molecule has 0 radical (unpaired) electrons. The molecule has 0 N–H and O–H groups in total. The smallest absolute Gasteiger partial charge is 0.182 e. The third-order valence-corrected chi connectivity index (χ3v) is 3.22. The van der Waals surface area contributed by atoms with Crippen LogP contribution in [0.25, 0.3) is 16.3 Å². The van der Waals surface area contributed by atoms with Crippen LogP contribution < -0.4 is 0 Å². The van der Waals surface area contributed by atoms with Crippen LogP contribution in [-0.2, 0) is 0 Å². The van der Waals surface area contributed by atoms with Crippen LogP contribution in [0, 0.1) is 18.3 Å². The molecular weight excluding hydrogens is 236 g/mol. The summed E-state index contributed by atoms with van der Waals surface area (Å²) >= 11 is 1.28. The van der Waals surface area contributed by atoms with E-state index in [1.54, 1.807) is 18.3 Å². The Morgan fingerprint density at radius 1 is 1.35 bits per heavy atom. The molecule has 6 nitrogen and oxygen atoms in total. The highest BCUT2D eigenvalue weighted by Gasteiger charge is 2.13. The summed E-state index contributed by atoms with van der Waals surface area (Å²) in [5.41, 5.74) is 2.04. The van der Waals surface area contributed by atoms with Crippen LogP contribution in [0.1, 0.15) is 11.3 Å². The average molecular weight is 242 g/mol. The fourth-order valence-corrected chi connectivity index (χ4v) is 2.19. The monoisotopic (exact) mass is 242 g/mol. The van der Waals surface area contributed by atoms with Crippen molar-refractivity contribution in [1.29, 1.82) is 5.26 Å². The summed E-state index contributed by atoms with van der Waals surface area (Å²) in [5, 5.41) is 20.9. The fourth-order valence-electron chi connectivity index (χ4n) is 1.55. The second-order valence-electron chi connectivity index (χ2n) is 3.47. The van der Waals surface area contributed by atoms with Crippen molar-refractivity contribution in [2.24, 2.45) is 0 Å². The summed E-state index contributed by atoms with van der Waals surface area (Å²) in [6.45, 7) is 1.88. The topological polar surface area (TPSA) is 79.8 Å². The number of nitriles is 1. The Hall–Kier alpha value is -2.33. The van der Waals surface area contributed by atoms with Crippen LogP contribution in [0.2, 0.25) is 0 Å². The number of hydrogen-bond acceptors (Lipinski definition) is 6. The highest BCUT2D eigenvalue weighted by Crippen LogP contribution is 2.24. The molecule has 0 amide bonds. The van der Waals surface area contributed by atoms with Crippen LogP contribution in [-0.4, -0.2) is 24.2 Å². The lowest BCUT2D eigenvalue weighted by Crippen LogP contribution is -1.89. The van der Waals surface area contributed by atoms with Crippen molar-refractivity contribution >= 4 is 17.2 Å². The molecule has 0 atom stereocenters. The van der Waals surface area contributed by atoms with Gasteiger partial charge in [0.15, 0.2) is 11.5 Å². The second-order valence-corrected chi connectivity index (χ2v) is 4.22. The minimum atomic E-state index is 0.565. The quantitative estimate of drug-likeness (QED) is 0.644. The standard InChI is InChI=1S/C10H6N6S/c1-6-9(17-15-12-6)10-14-13-8-4-7(5-11)2-3-16(8)10/h2-4H,1H3. The summed E-state index contributed by atoms with van der Waals surface area (Å²) in [7, 11) is 0. The van der Waals surface area contributed by atoms with Gasteiger partial charge in [0.1, 0.15) is 4.88 Å². The molecule has 0 saturated carbocycles. The minimum absolute atomic E-state index is 0.565. The van der Waals surface area contributed by atoms with Gasteiger partial charge in [-0.1, -0.05) is 4.49 Å². The Kier molecular flexibility index (Phi) is 2.09. The van der Waals surface area contributed by atoms with E-state index in [9.17, 15) is 0 Å². The van der Waals surface area contributed by atoms with Gasteiger partial charge < -0.3 is 0 Å². The molecule has 17 heavy (non-hydrogen) atoms. The van der Waals surface area contributed by atoms with E-state index in [0.29, 0.717) is 17.0 Å². The summed E-state index contributed by atoms with van der Waals surface area (Å²) < 4.78 is 5.70. The maximum Gasteiger partial charge on any atom is 0.182 e. The molecule has 0 saturated heterocycles. The zero-order valence-electron chi connectivity index (χ0n) is 8.82. The van der Waals surface area contributed by atoms with Gasteiger partial charge >= 0.3 is 0 Å². The molecule has 0 aliphatic heterocycles. The summed E-state index contributed by atoms with van der Waals surface area (Å²) in [6.07, 6.45) is 1.78. The average Bonchev–Trinajstić information content (AvgIpc) is 2.94. The Balaban J connectivity index is 2.27. The van der Waals surface area contributed by atoms with E-state index < -0.39 is 0 Å². The molecule has 3 aromatic rings. The van der Waals surface area contributed by atoms with Crippen molar-refractivity contribution in [2.75, 3.05) is 0 Å². The molecule has 0 aliphatic rings. The van der Waals surface area contributed by atoms with Gasteiger partial charge in [-0.05, 0) is 24.5 Å². The van der Waals surface area contributed by atoms with E-state index in [2.05, 4.69) is 25.9 Å². The maximum atomic E-state index is 8.81. The van der Waals surface area contributed by atoms with Crippen molar-refractivity contribution in [1.82, 2.24) is 24.2 Å². The molecule has 82 valence electrons. The van der Waals surface area contributed by atoms with E-state index in [4.69, 9.17) is 5.26 Å². The van der Waals surface area contributed by atoms with Gasteiger partial charge in [-0.2, -0.15) is 5.26 Å². The molecule has 0 aromatic carbocycles. The molecule has 7 heteroatoms. The van der Waals surface area contributed by atoms with Gasteiger partial charge in [-0.25, -0.2) is 0 Å². The number of hydrogen-bond donors (Lipinski definition) is 0. The minimum Gasteiger partial charge on any atom is -0.282 e. The maximum absolute atomic E-state index is 8.81. The molecule has 3 aromatic heterocycles. The van der Waals surface area contributed by atoms with Gasteiger partial charge in [0, 0.05) is 12.3 Å². The number of aryl methyl sites for hydroxylation is 1. The SMILES string of the molecule is Cc1nnsc1-c1nnc2cc(C#N)ccn12. The zero-order chi connectivity index (χ0) is 11.8. The first-order valence-electron chi connectivity index (χ1n) is 4.84. The highest BCUT2D eigenvalue weighted by atomic mass is 32.1. The first-order chi connectivity index (χ1) is 8.29. The van der Waals surface area contributed by atoms with Crippen LogP contribution in [0.15, 0.2) is 18.3 Å². The Bertz CT molecular complexity index is 735. The fraction of sp³-hybridized carbons (Fsp3) is 0.100. The molecular formula is C10H6N6S. The lowest BCUT2D eigenvalue weighted by Gasteiger charge is -1.96. The molecule has 0 aliphatic carbocycles. The zero-order valence-corrected chi connectivity index (χ0v) is 9.64. The highest BCUT2D eigenvalue weighted by molar-refractivity contribution is 7.09. The number of fused-ring (bicyclic) bond motifs is 1. The largest absolute Gasteiger partial charge is 0.282 e. The van der Waals surface area contributed by atoms with E-state index in [1.807, 2.05) is 11.3 Å². The van der Waals surface area contributed by atoms with Crippen LogP contribution >= 0.6 is 11.5 Å². The Morgan fingerprint density at radius 3 is 2.94 bits per heavy atom. The van der Waals surface area contributed by atoms with Crippen molar-refractivity contribution in [3.05, 3.63) is 29.6 Å². The molecule has 3 heterocycles. The van der Waals surface area contributed by atoms with Crippen LogP contribution in [0.3, 0.4) is 0 Å². The lowest BCUT2D eigenvalue weighted by molar-refractivity contribution is 1.07. The van der Waals surface area contributed by atoms with Gasteiger partial charge in [-0.3, -0.25) is 4.40 Å². The normalized spacial score (nSPS) is 10.6.